The van der Waals surface area contributed by atoms with E-state index in [1.54, 1.807) is 13.0 Å². The third-order valence-electron chi connectivity index (χ3n) is 4.86. The van der Waals surface area contributed by atoms with Gasteiger partial charge in [0.15, 0.2) is 5.78 Å². The molecule has 0 unspecified atom stereocenters. The molecule has 160 valence electrons. The predicted octanol–water partition coefficient (Wildman–Crippen LogP) is 3.97. The molecule has 6 nitrogen and oxygen atoms in total. The molecule has 10 heteroatoms. The number of benzene rings is 2. The van der Waals surface area contributed by atoms with Crippen LogP contribution in [0.25, 0.3) is 16.5 Å². The van der Waals surface area contributed by atoms with Crippen LogP contribution in [0.15, 0.2) is 62.6 Å². The van der Waals surface area contributed by atoms with Crippen LogP contribution in [0.3, 0.4) is 0 Å². The zero-order chi connectivity index (χ0) is 22.6. The maximum atomic E-state index is 13.4. The van der Waals surface area contributed by atoms with Gasteiger partial charge in [-0.3, -0.25) is 9.52 Å². The van der Waals surface area contributed by atoms with E-state index < -0.39 is 38.1 Å². The summed E-state index contributed by atoms with van der Waals surface area (Å²) in [4.78, 5) is 22.8. The molecule has 0 radical (unpaired) electrons. The molecular formula is C21H14F3NO5S. The molecule has 0 saturated carbocycles. The first-order valence-electron chi connectivity index (χ1n) is 8.96. The molecule has 0 atom stereocenters. The van der Waals surface area contributed by atoms with Crippen molar-refractivity contribution >= 4 is 38.0 Å². The van der Waals surface area contributed by atoms with Crippen molar-refractivity contribution in [2.24, 2.45) is 0 Å². The monoisotopic (exact) mass is 449 g/mol. The van der Waals surface area contributed by atoms with Crippen LogP contribution in [0.2, 0.25) is 0 Å². The topological polar surface area (TPSA) is 93.4 Å². The molecule has 0 bridgehead atoms. The van der Waals surface area contributed by atoms with Crippen molar-refractivity contribution in [3.8, 4) is 0 Å². The number of ketones is 1. The molecule has 1 heterocycles. The van der Waals surface area contributed by atoms with Gasteiger partial charge in [-0.2, -0.15) is 13.2 Å². The van der Waals surface area contributed by atoms with Gasteiger partial charge in [-0.25, -0.2) is 13.2 Å². The highest BCUT2D eigenvalue weighted by molar-refractivity contribution is 7.92. The van der Waals surface area contributed by atoms with Gasteiger partial charge in [-0.05, 0) is 54.0 Å². The van der Waals surface area contributed by atoms with E-state index in [1.165, 1.54) is 24.3 Å². The number of fused-ring (bicyclic) bond motifs is 2. The lowest BCUT2D eigenvalue weighted by molar-refractivity contribution is -0.114. The Morgan fingerprint density at radius 1 is 1.03 bits per heavy atom. The summed E-state index contributed by atoms with van der Waals surface area (Å²) in [5, 5.41) is 0.612. The van der Waals surface area contributed by atoms with E-state index in [2.05, 4.69) is 4.72 Å². The van der Waals surface area contributed by atoms with Crippen LogP contribution in [0.5, 0.6) is 0 Å². The fourth-order valence-corrected chi connectivity index (χ4v) is 4.52. The Hall–Kier alpha value is -3.40. The van der Waals surface area contributed by atoms with E-state index in [9.17, 15) is 31.2 Å². The summed E-state index contributed by atoms with van der Waals surface area (Å²) >= 11 is 0. The van der Waals surface area contributed by atoms with Crippen molar-refractivity contribution in [3.63, 3.8) is 0 Å². The summed E-state index contributed by atoms with van der Waals surface area (Å²) in [5.74, 6) is -0.707. The third-order valence-corrected chi connectivity index (χ3v) is 6.24. The fourth-order valence-electron chi connectivity index (χ4n) is 3.44. The molecule has 31 heavy (non-hydrogen) atoms. The molecule has 0 saturated heterocycles. The predicted molar refractivity (Wildman–Crippen MR) is 107 cm³/mol. The SMILES string of the molecule is Cc1cc(=O)oc2cc(NS(=O)(=O)c3ccc4c(c3)C(C(F)(F)F)=CC(=O)C4)ccc12. The van der Waals surface area contributed by atoms with Crippen molar-refractivity contribution < 1.29 is 30.8 Å². The normalized spacial score (nSPS) is 14.3. The molecule has 3 aromatic rings. The number of nitrogens with one attached hydrogen (secondary N) is 1. The Morgan fingerprint density at radius 3 is 2.48 bits per heavy atom. The van der Waals surface area contributed by atoms with Crippen LogP contribution in [-0.2, 0) is 21.2 Å². The zero-order valence-corrected chi connectivity index (χ0v) is 16.7. The molecule has 4 rings (SSSR count). The average Bonchev–Trinajstić information content (AvgIpc) is 2.65. The van der Waals surface area contributed by atoms with Gasteiger partial charge in [0.2, 0.25) is 0 Å². The van der Waals surface area contributed by atoms with Gasteiger partial charge in [0.05, 0.1) is 16.2 Å². The van der Waals surface area contributed by atoms with E-state index in [4.69, 9.17) is 4.42 Å². The first kappa shape index (κ1) is 20.9. The molecule has 1 aliphatic rings. The molecule has 2 aromatic carbocycles. The lowest BCUT2D eigenvalue weighted by Gasteiger charge is -2.20. The molecule has 0 spiro atoms. The maximum absolute atomic E-state index is 13.4. The Morgan fingerprint density at radius 2 is 1.77 bits per heavy atom. The first-order valence-corrected chi connectivity index (χ1v) is 10.4. The van der Waals surface area contributed by atoms with Crippen LogP contribution in [0.4, 0.5) is 18.9 Å². The molecule has 0 aliphatic heterocycles. The second-order valence-electron chi connectivity index (χ2n) is 7.08. The summed E-state index contributed by atoms with van der Waals surface area (Å²) in [6.45, 7) is 1.70. The molecule has 1 aromatic heterocycles. The van der Waals surface area contributed by atoms with Crippen LogP contribution in [-0.4, -0.2) is 20.4 Å². The first-order chi connectivity index (χ1) is 14.4. The van der Waals surface area contributed by atoms with Crippen LogP contribution >= 0.6 is 0 Å². The van der Waals surface area contributed by atoms with E-state index in [1.807, 2.05) is 0 Å². The number of halogens is 3. The number of anilines is 1. The van der Waals surface area contributed by atoms with E-state index in [-0.39, 0.29) is 28.8 Å². The second kappa shape index (κ2) is 7.09. The van der Waals surface area contributed by atoms with Crippen LogP contribution in [0.1, 0.15) is 16.7 Å². The number of aryl methyl sites for hydroxylation is 1. The van der Waals surface area contributed by atoms with E-state index >= 15 is 0 Å². The van der Waals surface area contributed by atoms with Gasteiger partial charge >= 0.3 is 11.8 Å². The Kier molecular flexibility index (Phi) is 4.77. The van der Waals surface area contributed by atoms with Crippen LogP contribution < -0.4 is 10.3 Å². The highest BCUT2D eigenvalue weighted by Gasteiger charge is 2.38. The van der Waals surface area contributed by atoms with Gasteiger partial charge < -0.3 is 4.42 Å². The summed E-state index contributed by atoms with van der Waals surface area (Å²) in [5.41, 5.74) is -1.15. The number of sulfonamides is 1. The number of carbonyl (C=O) groups excluding carboxylic acids is 1. The number of hydrogen-bond donors (Lipinski definition) is 1. The molecule has 1 aliphatic carbocycles. The fraction of sp³-hybridized carbons (Fsp3) is 0.143. The standard InChI is InChI=1S/C21H14F3NO5S/c1-11-6-20(27)30-19-8-13(3-5-16(11)19)25-31(28,29)15-4-2-12-7-14(26)9-18(17(12)10-15)21(22,23)24/h2-6,8-10,25H,7H2,1H3. The van der Waals surface area contributed by atoms with Gasteiger partial charge in [0, 0.05) is 23.9 Å². The summed E-state index contributed by atoms with van der Waals surface area (Å²) < 4.78 is 73.1. The summed E-state index contributed by atoms with van der Waals surface area (Å²) in [7, 11) is -4.27. The summed E-state index contributed by atoms with van der Waals surface area (Å²) in [6, 6.07) is 8.87. The lowest BCUT2D eigenvalue weighted by Crippen LogP contribution is -2.20. The highest BCUT2D eigenvalue weighted by atomic mass is 32.2. The van der Waals surface area contributed by atoms with E-state index in [0.29, 0.717) is 17.0 Å². The van der Waals surface area contributed by atoms with Crippen molar-refractivity contribution in [2.75, 3.05) is 4.72 Å². The Balaban J connectivity index is 1.74. The van der Waals surface area contributed by atoms with Crippen LogP contribution in [0, 0.1) is 6.92 Å². The largest absolute Gasteiger partial charge is 0.423 e. The quantitative estimate of drug-likeness (QED) is 0.611. The summed E-state index contributed by atoms with van der Waals surface area (Å²) in [6.07, 6.45) is -4.57. The van der Waals surface area contributed by atoms with Gasteiger partial charge in [-0.15, -0.1) is 0 Å². The number of allylic oxidation sites excluding steroid dienone is 2. The molecular weight excluding hydrogens is 435 g/mol. The van der Waals surface area contributed by atoms with E-state index in [0.717, 1.165) is 12.1 Å². The van der Waals surface area contributed by atoms with Crippen molar-refractivity contribution in [3.05, 3.63) is 75.7 Å². The number of carbonyl (C=O) groups is 1. The second-order valence-corrected chi connectivity index (χ2v) is 8.77. The van der Waals surface area contributed by atoms with Gasteiger partial charge in [0.1, 0.15) is 5.58 Å². The zero-order valence-electron chi connectivity index (χ0n) is 15.9. The van der Waals surface area contributed by atoms with Crippen molar-refractivity contribution in [1.82, 2.24) is 0 Å². The third kappa shape index (κ3) is 3.98. The van der Waals surface area contributed by atoms with Crippen molar-refractivity contribution in [2.45, 2.75) is 24.4 Å². The average molecular weight is 449 g/mol. The molecule has 1 N–H and O–H groups in total. The van der Waals surface area contributed by atoms with Crippen molar-refractivity contribution in [1.29, 1.82) is 0 Å². The smallest absolute Gasteiger partial charge is 0.417 e. The van der Waals surface area contributed by atoms with Gasteiger partial charge in [0.25, 0.3) is 10.0 Å². The number of rotatable bonds is 3. The lowest BCUT2D eigenvalue weighted by atomic mass is 9.90. The minimum Gasteiger partial charge on any atom is -0.423 e. The minimum absolute atomic E-state index is 0.0701. The molecule has 0 fully saturated rings. The Labute approximate surface area is 174 Å². The number of alkyl halides is 3. The Bertz CT molecular complexity index is 1440. The van der Waals surface area contributed by atoms with Gasteiger partial charge in [-0.1, -0.05) is 6.07 Å². The maximum Gasteiger partial charge on any atom is 0.417 e. The minimum atomic E-state index is -4.81. The highest BCUT2D eigenvalue weighted by Crippen LogP contribution is 2.39. The molecule has 0 amide bonds. The number of hydrogen-bond acceptors (Lipinski definition) is 5.